The summed E-state index contributed by atoms with van der Waals surface area (Å²) in [6, 6.07) is 0. The molecule has 0 aliphatic heterocycles. The summed E-state index contributed by atoms with van der Waals surface area (Å²) in [7, 11) is -2.81. The third kappa shape index (κ3) is 8.47. The van der Waals surface area contributed by atoms with Crippen molar-refractivity contribution < 1.29 is 13.2 Å². The Balaban J connectivity index is 3.22. The SMILES string of the molecule is CCOCCCNCCS(=O)(=O)CC. The molecule has 1 N–H and O–H groups in total. The van der Waals surface area contributed by atoms with E-state index in [1.165, 1.54) is 0 Å². The van der Waals surface area contributed by atoms with E-state index in [9.17, 15) is 8.42 Å². The Kier molecular flexibility index (Phi) is 8.12. The highest BCUT2D eigenvalue weighted by atomic mass is 32.2. The number of rotatable bonds is 9. The van der Waals surface area contributed by atoms with Crippen LogP contribution in [0.5, 0.6) is 0 Å². The Morgan fingerprint density at radius 1 is 1.21 bits per heavy atom. The number of hydrogen-bond donors (Lipinski definition) is 1. The molecule has 0 unspecified atom stereocenters. The molecule has 0 rings (SSSR count). The van der Waals surface area contributed by atoms with E-state index in [1.807, 2.05) is 6.92 Å². The molecule has 0 aromatic carbocycles. The first-order valence-electron chi connectivity index (χ1n) is 5.11. The average Bonchev–Trinajstić information content (AvgIpc) is 2.16. The zero-order valence-corrected chi connectivity index (χ0v) is 9.90. The quantitative estimate of drug-likeness (QED) is 0.576. The van der Waals surface area contributed by atoms with E-state index in [-0.39, 0.29) is 11.5 Å². The Bertz CT molecular complexity index is 214. The molecule has 0 heterocycles. The van der Waals surface area contributed by atoms with Gasteiger partial charge in [0.05, 0.1) is 5.75 Å². The van der Waals surface area contributed by atoms with Gasteiger partial charge >= 0.3 is 0 Å². The van der Waals surface area contributed by atoms with Crippen LogP contribution in [0.3, 0.4) is 0 Å². The molecule has 0 aromatic rings. The molecule has 0 radical (unpaired) electrons. The molecular weight excluding hydrogens is 202 g/mol. The summed E-state index contributed by atoms with van der Waals surface area (Å²) in [6.07, 6.45) is 0.931. The van der Waals surface area contributed by atoms with Crippen LogP contribution in [0, 0.1) is 0 Å². The van der Waals surface area contributed by atoms with Crippen molar-refractivity contribution in [1.29, 1.82) is 0 Å². The van der Waals surface area contributed by atoms with Crippen molar-refractivity contribution in [1.82, 2.24) is 5.32 Å². The van der Waals surface area contributed by atoms with Crippen LogP contribution in [0.15, 0.2) is 0 Å². The van der Waals surface area contributed by atoms with E-state index in [1.54, 1.807) is 6.92 Å². The molecule has 0 spiro atoms. The van der Waals surface area contributed by atoms with Crippen molar-refractivity contribution in [2.45, 2.75) is 20.3 Å². The zero-order chi connectivity index (χ0) is 10.9. The first-order valence-corrected chi connectivity index (χ1v) is 6.93. The first-order chi connectivity index (χ1) is 6.62. The summed E-state index contributed by atoms with van der Waals surface area (Å²) in [5.41, 5.74) is 0. The molecule has 4 nitrogen and oxygen atoms in total. The number of sulfone groups is 1. The van der Waals surface area contributed by atoms with Gasteiger partial charge in [-0.05, 0) is 19.9 Å². The van der Waals surface area contributed by atoms with Crippen LogP contribution in [-0.2, 0) is 14.6 Å². The summed E-state index contributed by atoms with van der Waals surface area (Å²) in [5, 5.41) is 3.08. The molecule has 14 heavy (non-hydrogen) atoms. The smallest absolute Gasteiger partial charge is 0.151 e. The van der Waals surface area contributed by atoms with Crippen molar-refractivity contribution in [2.24, 2.45) is 0 Å². The van der Waals surface area contributed by atoms with Crippen molar-refractivity contribution >= 4 is 9.84 Å². The topological polar surface area (TPSA) is 55.4 Å². The number of ether oxygens (including phenoxy) is 1. The third-order valence-corrected chi connectivity index (χ3v) is 3.58. The lowest BCUT2D eigenvalue weighted by Crippen LogP contribution is -2.25. The molecular formula is C9H21NO3S. The second-order valence-corrected chi connectivity index (χ2v) is 5.51. The standard InChI is InChI=1S/C9H21NO3S/c1-3-13-8-5-6-10-7-9-14(11,12)4-2/h10H,3-9H2,1-2H3. The number of nitrogens with one attached hydrogen (secondary N) is 1. The molecule has 0 amide bonds. The second-order valence-electron chi connectivity index (χ2n) is 3.04. The lowest BCUT2D eigenvalue weighted by Gasteiger charge is -2.04. The second kappa shape index (κ2) is 8.20. The van der Waals surface area contributed by atoms with E-state index in [2.05, 4.69) is 5.32 Å². The van der Waals surface area contributed by atoms with Gasteiger partial charge in [0, 0.05) is 25.5 Å². The van der Waals surface area contributed by atoms with Gasteiger partial charge in [0.1, 0.15) is 0 Å². The normalized spacial score (nSPS) is 11.9. The maximum atomic E-state index is 11.1. The minimum absolute atomic E-state index is 0.230. The van der Waals surface area contributed by atoms with Crippen molar-refractivity contribution in [3.8, 4) is 0 Å². The van der Waals surface area contributed by atoms with Crippen LogP contribution in [0.1, 0.15) is 20.3 Å². The van der Waals surface area contributed by atoms with Crippen molar-refractivity contribution in [3.05, 3.63) is 0 Å². The van der Waals surface area contributed by atoms with Crippen LogP contribution >= 0.6 is 0 Å². The zero-order valence-electron chi connectivity index (χ0n) is 9.08. The van der Waals surface area contributed by atoms with E-state index >= 15 is 0 Å². The highest BCUT2D eigenvalue weighted by molar-refractivity contribution is 7.91. The van der Waals surface area contributed by atoms with Crippen LogP contribution in [0.4, 0.5) is 0 Å². The van der Waals surface area contributed by atoms with Gasteiger partial charge in [-0.25, -0.2) is 8.42 Å². The largest absolute Gasteiger partial charge is 0.382 e. The fourth-order valence-electron chi connectivity index (χ4n) is 0.941. The lowest BCUT2D eigenvalue weighted by atomic mass is 10.4. The Hall–Kier alpha value is -0.130. The van der Waals surface area contributed by atoms with Gasteiger partial charge in [0.15, 0.2) is 9.84 Å². The van der Waals surface area contributed by atoms with Gasteiger partial charge in [-0.15, -0.1) is 0 Å². The monoisotopic (exact) mass is 223 g/mol. The Morgan fingerprint density at radius 2 is 1.93 bits per heavy atom. The van der Waals surface area contributed by atoms with Crippen LogP contribution in [0.25, 0.3) is 0 Å². The molecule has 0 bridgehead atoms. The summed E-state index contributed by atoms with van der Waals surface area (Å²) in [6.45, 7) is 6.47. The van der Waals surface area contributed by atoms with Gasteiger partial charge in [-0.1, -0.05) is 6.92 Å². The highest BCUT2D eigenvalue weighted by Crippen LogP contribution is 1.87. The van der Waals surface area contributed by atoms with Crippen LogP contribution in [0.2, 0.25) is 0 Å². The molecule has 0 saturated carbocycles. The van der Waals surface area contributed by atoms with Crippen LogP contribution < -0.4 is 5.32 Å². The van der Waals surface area contributed by atoms with Gasteiger partial charge in [0.2, 0.25) is 0 Å². The van der Waals surface area contributed by atoms with Gasteiger partial charge in [-0.3, -0.25) is 0 Å². The molecule has 0 aromatic heterocycles. The van der Waals surface area contributed by atoms with E-state index < -0.39 is 9.84 Å². The van der Waals surface area contributed by atoms with Gasteiger partial charge in [0.25, 0.3) is 0 Å². The maximum Gasteiger partial charge on any atom is 0.151 e. The van der Waals surface area contributed by atoms with Crippen LogP contribution in [-0.4, -0.2) is 46.2 Å². The maximum absolute atomic E-state index is 11.1. The summed E-state index contributed by atoms with van der Waals surface area (Å²) < 4.78 is 27.3. The summed E-state index contributed by atoms with van der Waals surface area (Å²) >= 11 is 0. The molecule has 86 valence electrons. The van der Waals surface area contributed by atoms with E-state index in [4.69, 9.17) is 4.74 Å². The summed E-state index contributed by atoms with van der Waals surface area (Å²) in [4.78, 5) is 0. The Morgan fingerprint density at radius 3 is 2.50 bits per heavy atom. The Labute approximate surface area is 86.9 Å². The van der Waals surface area contributed by atoms with Crippen molar-refractivity contribution in [3.63, 3.8) is 0 Å². The van der Waals surface area contributed by atoms with Gasteiger partial charge in [-0.2, -0.15) is 0 Å². The van der Waals surface area contributed by atoms with E-state index in [0.717, 1.165) is 26.2 Å². The predicted octanol–water partition coefficient (Wildman–Crippen LogP) is 0.437. The lowest BCUT2D eigenvalue weighted by molar-refractivity contribution is 0.145. The van der Waals surface area contributed by atoms with Gasteiger partial charge < -0.3 is 10.1 Å². The molecule has 5 heteroatoms. The molecule has 0 fully saturated rings. The molecule has 0 aliphatic carbocycles. The summed E-state index contributed by atoms with van der Waals surface area (Å²) in [5.74, 6) is 0.464. The minimum Gasteiger partial charge on any atom is -0.382 e. The minimum atomic E-state index is -2.81. The van der Waals surface area contributed by atoms with Crippen molar-refractivity contribution in [2.75, 3.05) is 37.8 Å². The fraction of sp³-hybridized carbons (Fsp3) is 1.00. The molecule has 0 saturated heterocycles. The number of hydrogen-bond acceptors (Lipinski definition) is 4. The molecule has 0 aliphatic rings. The fourth-order valence-corrected chi connectivity index (χ4v) is 1.68. The predicted molar refractivity (Wildman–Crippen MR) is 58.3 cm³/mol. The van der Waals surface area contributed by atoms with E-state index in [0.29, 0.717) is 6.54 Å². The highest BCUT2D eigenvalue weighted by Gasteiger charge is 2.05. The average molecular weight is 223 g/mol. The first kappa shape index (κ1) is 13.9. The molecule has 0 atom stereocenters. The third-order valence-electron chi connectivity index (χ3n) is 1.88.